The van der Waals surface area contributed by atoms with Crippen LogP contribution in [0.2, 0.25) is 0 Å². The minimum Gasteiger partial charge on any atom is -0.331 e. The van der Waals surface area contributed by atoms with Crippen molar-refractivity contribution in [2.75, 3.05) is 5.43 Å². The number of benzene rings is 1. The summed E-state index contributed by atoms with van der Waals surface area (Å²) in [6, 6.07) is 4.90. The summed E-state index contributed by atoms with van der Waals surface area (Å²) in [4.78, 5) is 14.5. The SMILES string of the molecule is Cc1nccn1Cc1ccc(NN)c([N+](=O)[O-])c1. The highest BCUT2D eigenvalue weighted by molar-refractivity contribution is 5.61. The summed E-state index contributed by atoms with van der Waals surface area (Å²) in [5.74, 6) is 6.09. The Morgan fingerprint density at radius 3 is 2.89 bits per heavy atom. The van der Waals surface area contributed by atoms with E-state index in [0.29, 0.717) is 12.2 Å². The number of nitro groups is 1. The first-order chi connectivity index (χ1) is 8.61. The van der Waals surface area contributed by atoms with Crippen molar-refractivity contribution in [3.63, 3.8) is 0 Å². The second-order valence-corrected chi connectivity index (χ2v) is 3.86. The van der Waals surface area contributed by atoms with Crippen molar-refractivity contribution in [3.8, 4) is 0 Å². The number of aryl methyl sites for hydroxylation is 1. The number of hydrogen-bond acceptors (Lipinski definition) is 5. The number of nitro benzene ring substituents is 1. The number of aromatic nitrogens is 2. The third kappa shape index (κ3) is 2.30. The average Bonchev–Trinajstić information content (AvgIpc) is 2.75. The van der Waals surface area contributed by atoms with Gasteiger partial charge < -0.3 is 9.99 Å². The van der Waals surface area contributed by atoms with Gasteiger partial charge in [0.1, 0.15) is 11.5 Å². The lowest BCUT2D eigenvalue weighted by atomic mass is 10.1. The quantitative estimate of drug-likeness (QED) is 0.483. The number of rotatable bonds is 4. The zero-order valence-electron chi connectivity index (χ0n) is 9.83. The number of nitrogens with one attached hydrogen (secondary N) is 1. The molecule has 1 heterocycles. The maximum atomic E-state index is 10.9. The topological polar surface area (TPSA) is 99.0 Å². The number of anilines is 1. The second kappa shape index (κ2) is 4.84. The molecule has 0 unspecified atom stereocenters. The van der Waals surface area contributed by atoms with E-state index in [9.17, 15) is 10.1 Å². The third-order valence-corrected chi connectivity index (χ3v) is 2.69. The van der Waals surface area contributed by atoms with Crippen molar-refractivity contribution in [1.82, 2.24) is 9.55 Å². The van der Waals surface area contributed by atoms with Gasteiger partial charge in [0.05, 0.1) is 4.92 Å². The Morgan fingerprint density at radius 2 is 2.33 bits per heavy atom. The summed E-state index contributed by atoms with van der Waals surface area (Å²) in [6.07, 6.45) is 3.52. The Hall–Kier alpha value is -2.41. The van der Waals surface area contributed by atoms with Crippen molar-refractivity contribution >= 4 is 11.4 Å². The van der Waals surface area contributed by atoms with Gasteiger partial charge >= 0.3 is 0 Å². The number of nitrogens with zero attached hydrogens (tertiary/aromatic N) is 3. The van der Waals surface area contributed by atoms with E-state index in [2.05, 4.69) is 10.4 Å². The zero-order chi connectivity index (χ0) is 13.1. The maximum Gasteiger partial charge on any atom is 0.293 e. The monoisotopic (exact) mass is 247 g/mol. The van der Waals surface area contributed by atoms with Gasteiger partial charge in [0.2, 0.25) is 0 Å². The van der Waals surface area contributed by atoms with Crippen LogP contribution in [0.3, 0.4) is 0 Å². The molecule has 0 aliphatic heterocycles. The van der Waals surface area contributed by atoms with Crippen LogP contribution in [0.5, 0.6) is 0 Å². The van der Waals surface area contributed by atoms with Crippen LogP contribution in [0.15, 0.2) is 30.6 Å². The summed E-state index contributed by atoms with van der Waals surface area (Å²) in [6.45, 7) is 2.42. The average molecular weight is 247 g/mol. The lowest BCUT2D eigenvalue weighted by molar-refractivity contribution is -0.384. The van der Waals surface area contributed by atoms with E-state index in [1.807, 2.05) is 17.7 Å². The predicted molar refractivity (Wildman–Crippen MR) is 67.0 cm³/mol. The Kier molecular flexibility index (Phi) is 3.24. The summed E-state index contributed by atoms with van der Waals surface area (Å²) in [5.41, 5.74) is 3.40. The molecule has 94 valence electrons. The molecule has 3 N–H and O–H groups in total. The number of nitrogen functional groups attached to an aromatic ring is 1. The van der Waals surface area contributed by atoms with Gasteiger partial charge in [-0.1, -0.05) is 6.07 Å². The van der Waals surface area contributed by atoms with Crippen molar-refractivity contribution < 1.29 is 4.92 Å². The molecule has 7 heteroatoms. The lowest BCUT2D eigenvalue weighted by Gasteiger charge is -2.07. The first kappa shape index (κ1) is 12.1. The molecule has 2 rings (SSSR count). The van der Waals surface area contributed by atoms with E-state index in [1.54, 1.807) is 18.3 Å². The van der Waals surface area contributed by atoms with Gasteiger partial charge in [-0.25, -0.2) is 4.98 Å². The fourth-order valence-corrected chi connectivity index (χ4v) is 1.72. The van der Waals surface area contributed by atoms with Crippen molar-refractivity contribution in [1.29, 1.82) is 0 Å². The molecule has 0 saturated heterocycles. The van der Waals surface area contributed by atoms with E-state index < -0.39 is 4.92 Å². The van der Waals surface area contributed by atoms with Crippen LogP contribution in [0.1, 0.15) is 11.4 Å². The number of hydrazine groups is 1. The summed E-state index contributed by atoms with van der Waals surface area (Å²) < 4.78 is 1.91. The molecule has 0 spiro atoms. The van der Waals surface area contributed by atoms with Crippen LogP contribution < -0.4 is 11.3 Å². The highest BCUT2D eigenvalue weighted by atomic mass is 16.6. The zero-order valence-corrected chi connectivity index (χ0v) is 9.83. The molecule has 0 fully saturated rings. The Bertz CT molecular complexity index is 579. The molecule has 1 aromatic carbocycles. The van der Waals surface area contributed by atoms with Crippen LogP contribution in [0, 0.1) is 17.0 Å². The van der Waals surface area contributed by atoms with Crippen LogP contribution in [-0.4, -0.2) is 14.5 Å². The van der Waals surface area contributed by atoms with Crippen LogP contribution in [0.25, 0.3) is 0 Å². The van der Waals surface area contributed by atoms with Gasteiger partial charge in [0.25, 0.3) is 5.69 Å². The Labute approximate surface area is 103 Å². The fraction of sp³-hybridized carbons (Fsp3) is 0.182. The molecule has 0 aliphatic rings. The minimum absolute atomic E-state index is 0.0345. The van der Waals surface area contributed by atoms with Gasteiger partial charge in [-0.2, -0.15) is 0 Å². The molecule has 0 aliphatic carbocycles. The van der Waals surface area contributed by atoms with E-state index in [1.165, 1.54) is 6.07 Å². The maximum absolute atomic E-state index is 10.9. The Balaban J connectivity index is 2.33. The number of imidazole rings is 1. The van der Waals surface area contributed by atoms with Gasteiger partial charge in [0.15, 0.2) is 0 Å². The van der Waals surface area contributed by atoms with Crippen molar-refractivity contribution in [2.45, 2.75) is 13.5 Å². The first-order valence-electron chi connectivity index (χ1n) is 5.33. The largest absolute Gasteiger partial charge is 0.331 e. The molecule has 0 atom stereocenters. The smallest absolute Gasteiger partial charge is 0.293 e. The van der Waals surface area contributed by atoms with E-state index in [0.717, 1.165) is 11.4 Å². The fourth-order valence-electron chi connectivity index (χ4n) is 1.72. The van der Waals surface area contributed by atoms with Gasteiger partial charge in [-0.3, -0.25) is 16.0 Å². The molecule has 7 nitrogen and oxygen atoms in total. The normalized spacial score (nSPS) is 10.3. The van der Waals surface area contributed by atoms with Crippen LogP contribution in [0.4, 0.5) is 11.4 Å². The van der Waals surface area contributed by atoms with Gasteiger partial charge in [-0.05, 0) is 18.6 Å². The number of nitrogens with two attached hydrogens (primary N) is 1. The number of hydrogen-bond donors (Lipinski definition) is 2. The Morgan fingerprint density at radius 1 is 1.56 bits per heavy atom. The standard InChI is InChI=1S/C11H13N5O2/c1-8-13-4-5-15(8)7-9-2-3-10(14-12)11(6-9)16(17)18/h2-6,14H,7,12H2,1H3. The molecule has 0 bridgehead atoms. The molecular weight excluding hydrogens is 234 g/mol. The molecule has 0 amide bonds. The molecule has 18 heavy (non-hydrogen) atoms. The predicted octanol–water partition coefficient (Wildman–Crippen LogP) is 1.43. The molecular formula is C11H13N5O2. The van der Waals surface area contributed by atoms with Crippen LogP contribution >= 0.6 is 0 Å². The summed E-state index contributed by atoms with van der Waals surface area (Å²) in [5, 5.41) is 10.9. The van der Waals surface area contributed by atoms with E-state index >= 15 is 0 Å². The third-order valence-electron chi connectivity index (χ3n) is 2.69. The lowest BCUT2D eigenvalue weighted by Crippen LogP contribution is -2.09. The molecule has 0 saturated carbocycles. The van der Waals surface area contributed by atoms with Crippen molar-refractivity contribution in [3.05, 3.63) is 52.1 Å². The highest BCUT2D eigenvalue weighted by Crippen LogP contribution is 2.25. The van der Waals surface area contributed by atoms with Gasteiger partial charge in [0, 0.05) is 25.0 Å². The molecule has 1 aromatic heterocycles. The minimum atomic E-state index is -0.459. The summed E-state index contributed by atoms with van der Waals surface area (Å²) >= 11 is 0. The molecule has 0 radical (unpaired) electrons. The van der Waals surface area contributed by atoms with Crippen LogP contribution in [-0.2, 0) is 6.54 Å². The summed E-state index contributed by atoms with van der Waals surface area (Å²) in [7, 11) is 0. The van der Waals surface area contributed by atoms with Gasteiger partial charge in [-0.15, -0.1) is 0 Å². The second-order valence-electron chi connectivity index (χ2n) is 3.86. The molecule has 2 aromatic rings. The van der Waals surface area contributed by atoms with E-state index in [-0.39, 0.29) is 5.69 Å². The highest BCUT2D eigenvalue weighted by Gasteiger charge is 2.13. The van der Waals surface area contributed by atoms with E-state index in [4.69, 9.17) is 5.84 Å². The van der Waals surface area contributed by atoms with Crippen molar-refractivity contribution in [2.24, 2.45) is 5.84 Å². The first-order valence-corrected chi connectivity index (χ1v) is 5.33.